The standard InChI is InChI=1S/C21H35N5O/c1-4-21(5-2,24-15(3)16-9-7-6-8-10-16)14-23-20(27)19-17-13-22-12-11-18(17)25-26-19/h6-10,15,17-19,22,24-26H,4-5,11-14H2,1-3H3,(H,23,27). The van der Waals surface area contributed by atoms with Gasteiger partial charge in [0.2, 0.25) is 5.91 Å². The van der Waals surface area contributed by atoms with E-state index in [-0.39, 0.29) is 23.5 Å². The molecule has 0 spiro atoms. The van der Waals surface area contributed by atoms with Crippen LogP contribution in [0.25, 0.3) is 0 Å². The van der Waals surface area contributed by atoms with Gasteiger partial charge in [-0.2, -0.15) is 0 Å². The van der Waals surface area contributed by atoms with Crippen molar-refractivity contribution in [2.45, 2.75) is 63.7 Å². The van der Waals surface area contributed by atoms with Crippen LogP contribution in [0.1, 0.15) is 51.6 Å². The topological polar surface area (TPSA) is 77.2 Å². The molecule has 5 N–H and O–H groups in total. The van der Waals surface area contributed by atoms with Gasteiger partial charge < -0.3 is 16.0 Å². The molecule has 2 aliphatic rings. The average Bonchev–Trinajstić information content (AvgIpc) is 3.16. The zero-order chi connectivity index (χ0) is 19.3. The van der Waals surface area contributed by atoms with Crippen LogP contribution in [-0.4, -0.2) is 43.2 Å². The number of carbonyl (C=O) groups excluding carboxylic acids is 1. The first kappa shape index (κ1) is 20.3. The number of nitrogens with one attached hydrogen (secondary N) is 5. The molecule has 2 heterocycles. The Bertz CT molecular complexity index is 604. The third kappa shape index (κ3) is 4.69. The van der Waals surface area contributed by atoms with Crippen LogP contribution in [-0.2, 0) is 4.79 Å². The van der Waals surface area contributed by atoms with E-state index in [1.165, 1.54) is 5.56 Å². The highest BCUT2D eigenvalue weighted by atomic mass is 16.2. The molecular weight excluding hydrogens is 338 g/mol. The maximum atomic E-state index is 12.9. The lowest BCUT2D eigenvalue weighted by molar-refractivity contribution is -0.124. The first-order chi connectivity index (χ1) is 13.1. The third-order valence-electron chi connectivity index (χ3n) is 6.44. The van der Waals surface area contributed by atoms with E-state index in [0.717, 1.165) is 32.4 Å². The SMILES string of the molecule is CCC(CC)(CNC(=O)C1NNC2CCNCC21)NC(C)c1ccccc1. The summed E-state index contributed by atoms with van der Waals surface area (Å²) < 4.78 is 0. The molecule has 6 nitrogen and oxygen atoms in total. The molecule has 4 unspecified atom stereocenters. The molecule has 4 atom stereocenters. The van der Waals surface area contributed by atoms with Crippen molar-refractivity contribution in [3.63, 3.8) is 0 Å². The second kappa shape index (κ2) is 9.15. The van der Waals surface area contributed by atoms with Gasteiger partial charge in [-0.15, -0.1) is 0 Å². The Morgan fingerprint density at radius 3 is 2.67 bits per heavy atom. The fourth-order valence-corrected chi connectivity index (χ4v) is 4.38. The van der Waals surface area contributed by atoms with E-state index in [2.05, 4.69) is 71.8 Å². The summed E-state index contributed by atoms with van der Waals surface area (Å²) in [7, 11) is 0. The van der Waals surface area contributed by atoms with E-state index < -0.39 is 0 Å². The highest BCUT2D eigenvalue weighted by Crippen LogP contribution is 2.23. The largest absolute Gasteiger partial charge is 0.353 e. The molecule has 0 aromatic heterocycles. The zero-order valence-electron chi connectivity index (χ0n) is 16.8. The molecule has 1 aromatic rings. The van der Waals surface area contributed by atoms with Crippen molar-refractivity contribution < 1.29 is 4.79 Å². The minimum Gasteiger partial charge on any atom is -0.353 e. The van der Waals surface area contributed by atoms with Crippen LogP contribution in [0.2, 0.25) is 0 Å². The smallest absolute Gasteiger partial charge is 0.238 e. The molecule has 2 aliphatic heterocycles. The molecule has 3 rings (SSSR count). The summed E-state index contributed by atoms with van der Waals surface area (Å²) in [4.78, 5) is 12.9. The second-order valence-electron chi connectivity index (χ2n) is 8.01. The lowest BCUT2D eigenvalue weighted by Crippen LogP contribution is -2.57. The Morgan fingerprint density at radius 1 is 1.22 bits per heavy atom. The Kier molecular flexibility index (Phi) is 6.87. The Hall–Kier alpha value is -1.47. The number of fused-ring (bicyclic) bond motifs is 1. The van der Waals surface area contributed by atoms with Gasteiger partial charge in [0.25, 0.3) is 0 Å². The van der Waals surface area contributed by atoms with Crippen molar-refractivity contribution in [1.29, 1.82) is 0 Å². The van der Waals surface area contributed by atoms with Crippen LogP contribution >= 0.6 is 0 Å². The minimum absolute atomic E-state index is 0.0964. The van der Waals surface area contributed by atoms with Crippen molar-refractivity contribution in [2.24, 2.45) is 5.92 Å². The van der Waals surface area contributed by atoms with Crippen LogP contribution < -0.4 is 26.8 Å². The fourth-order valence-electron chi connectivity index (χ4n) is 4.38. The van der Waals surface area contributed by atoms with Crippen LogP contribution in [0, 0.1) is 5.92 Å². The molecule has 1 amide bonds. The van der Waals surface area contributed by atoms with Gasteiger partial charge in [0, 0.05) is 36.6 Å². The number of hydrazine groups is 1. The van der Waals surface area contributed by atoms with E-state index in [0.29, 0.717) is 18.5 Å². The number of rotatable bonds is 8. The first-order valence-electron chi connectivity index (χ1n) is 10.4. The summed E-state index contributed by atoms with van der Waals surface area (Å²) in [6.07, 6.45) is 2.99. The summed E-state index contributed by atoms with van der Waals surface area (Å²) >= 11 is 0. The normalized spacial score (nSPS) is 26.4. The molecular formula is C21H35N5O. The molecule has 1 aromatic carbocycles. The lowest BCUT2D eigenvalue weighted by atomic mass is 9.88. The van der Waals surface area contributed by atoms with Gasteiger partial charge in [-0.1, -0.05) is 44.2 Å². The van der Waals surface area contributed by atoms with E-state index in [4.69, 9.17) is 0 Å². The van der Waals surface area contributed by atoms with Gasteiger partial charge in [-0.05, 0) is 38.3 Å². The number of piperidine rings is 1. The predicted molar refractivity (Wildman–Crippen MR) is 109 cm³/mol. The predicted octanol–water partition coefficient (Wildman–Crippen LogP) is 1.47. The van der Waals surface area contributed by atoms with Crippen molar-refractivity contribution in [1.82, 2.24) is 26.8 Å². The third-order valence-corrected chi connectivity index (χ3v) is 6.44. The number of hydrogen-bond acceptors (Lipinski definition) is 5. The monoisotopic (exact) mass is 373 g/mol. The lowest BCUT2D eigenvalue weighted by Gasteiger charge is -2.37. The second-order valence-corrected chi connectivity index (χ2v) is 8.01. The van der Waals surface area contributed by atoms with E-state index in [1.807, 2.05) is 6.07 Å². The van der Waals surface area contributed by atoms with Crippen LogP contribution in [0.4, 0.5) is 0 Å². The molecule has 0 aliphatic carbocycles. The fraction of sp³-hybridized carbons (Fsp3) is 0.667. The number of carbonyl (C=O) groups is 1. The van der Waals surface area contributed by atoms with Crippen molar-refractivity contribution in [2.75, 3.05) is 19.6 Å². The molecule has 150 valence electrons. The van der Waals surface area contributed by atoms with Gasteiger partial charge in [0.15, 0.2) is 0 Å². The number of amides is 1. The minimum atomic E-state index is -0.166. The molecule has 2 saturated heterocycles. The molecule has 2 fully saturated rings. The molecule has 6 heteroatoms. The van der Waals surface area contributed by atoms with E-state index in [1.54, 1.807) is 0 Å². The summed E-state index contributed by atoms with van der Waals surface area (Å²) in [5.41, 5.74) is 7.68. The van der Waals surface area contributed by atoms with Crippen molar-refractivity contribution in [3.8, 4) is 0 Å². The Morgan fingerprint density at radius 2 is 1.96 bits per heavy atom. The molecule has 0 bridgehead atoms. The highest BCUT2D eigenvalue weighted by Gasteiger charge is 2.41. The van der Waals surface area contributed by atoms with Crippen molar-refractivity contribution in [3.05, 3.63) is 35.9 Å². The van der Waals surface area contributed by atoms with Crippen molar-refractivity contribution >= 4 is 5.91 Å². The summed E-state index contributed by atoms with van der Waals surface area (Å²) in [6, 6.07) is 10.9. The zero-order valence-corrected chi connectivity index (χ0v) is 16.8. The van der Waals surface area contributed by atoms with Crippen LogP contribution in [0.3, 0.4) is 0 Å². The van der Waals surface area contributed by atoms with Gasteiger partial charge in [0.1, 0.15) is 6.04 Å². The van der Waals surface area contributed by atoms with Gasteiger partial charge in [0.05, 0.1) is 0 Å². The average molecular weight is 374 g/mol. The van der Waals surface area contributed by atoms with Gasteiger partial charge in [-0.3, -0.25) is 10.2 Å². The maximum absolute atomic E-state index is 12.9. The first-order valence-corrected chi connectivity index (χ1v) is 10.4. The van der Waals surface area contributed by atoms with Gasteiger partial charge in [-0.25, -0.2) is 5.43 Å². The summed E-state index contributed by atoms with van der Waals surface area (Å²) in [5, 5.41) is 10.4. The Labute approximate surface area is 163 Å². The van der Waals surface area contributed by atoms with E-state index >= 15 is 0 Å². The van der Waals surface area contributed by atoms with Crippen LogP contribution in [0.15, 0.2) is 30.3 Å². The Balaban J connectivity index is 1.59. The van der Waals surface area contributed by atoms with E-state index in [9.17, 15) is 4.79 Å². The molecule has 27 heavy (non-hydrogen) atoms. The molecule has 0 saturated carbocycles. The molecule has 0 radical (unpaired) electrons. The highest BCUT2D eigenvalue weighted by molar-refractivity contribution is 5.82. The number of benzene rings is 1. The summed E-state index contributed by atoms with van der Waals surface area (Å²) in [6.45, 7) is 9.11. The maximum Gasteiger partial charge on any atom is 0.238 e. The summed E-state index contributed by atoms with van der Waals surface area (Å²) in [5.74, 6) is 0.409. The van der Waals surface area contributed by atoms with Gasteiger partial charge >= 0.3 is 0 Å². The quantitative estimate of drug-likeness (QED) is 0.477. The number of hydrogen-bond donors (Lipinski definition) is 5. The van der Waals surface area contributed by atoms with Crippen LogP contribution in [0.5, 0.6) is 0 Å².